The van der Waals surface area contributed by atoms with Gasteiger partial charge in [0.15, 0.2) is 0 Å². The lowest BCUT2D eigenvalue weighted by Gasteiger charge is -2.41. The largest absolute Gasteiger partial charge is 0.456 e. The van der Waals surface area contributed by atoms with Gasteiger partial charge in [-0.25, -0.2) is 11.0 Å². The first-order valence-electron chi connectivity index (χ1n) is 15.8. The molecule has 3 aromatic rings. The van der Waals surface area contributed by atoms with Crippen molar-refractivity contribution in [2.75, 3.05) is 62.8 Å². The summed E-state index contributed by atoms with van der Waals surface area (Å²) >= 11 is 6.52. The highest BCUT2D eigenvalue weighted by Crippen LogP contribution is 2.38. The number of likely N-dealkylation sites (N-methyl/N-ethyl adjacent to an activating group) is 1. The Kier molecular flexibility index (Phi) is 8.44. The number of benzene rings is 2. The van der Waals surface area contributed by atoms with Crippen molar-refractivity contribution < 1.29 is 18.7 Å². The summed E-state index contributed by atoms with van der Waals surface area (Å²) < 4.78 is 27.0. The van der Waals surface area contributed by atoms with E-state index in [0.717, 1.165) is 28.1 Å². The van der Waals surface area contributed by atoms with Gasteiger partial charge >= 0.3 is 6.01 Å². The van der Waals surface area contributed by atoms with Crippen molar-refractivity contribution in [3.63, 3.8) is 0 Å². The lowest BCUT2D eigenvalue weighted by atomic mass is 10.0. The monoisotopic (exact) mass is 645 g/mol. The Balaban J connectivity index is 1.24. The van der Waals surface area contributed by atoms with E-state index in [2.05, 4.69) is 33.2 Å². The zero-order valence-corrected chi connectivity index (χ0v) is 26.6. The number of aromatic nitrogens is 2. The van der Waals surface area contributed by atoms with E-state index in [-0.39, 0.29) is 41.7 Å². The van der Waals surface area contributed by atoms with Gasteiger partial charge in [-0.3, -0.25) is 9.69 Å². The van der Waals surface area contributed by atoms with E-state index in [1.54, 1.807) is 11.0 Å². The molecule has 0 bridgehead atoms. The Labute approximate surface area is 273 Å². The summed E-state index contributed by atoms with van der Waals surface area (Å²) in [6, 6.07) is 9.66. The predicted molar refractivity (Wildman–Crippen MR) is 175 cm³/mol. The molecule has 3 fully saturated rings. The summed E-state index contributed by atoms with van der Waals surface area (Å²) in [6.45, 7) is 15.0. The number of fused-ring (bicyclic) bond motifs is 2. The van der Waals surface area contributed by atoms with Gasteiger partial charge < -0.3 is 29.0 Å². The fourth-order valence-electron chi connectivity index (χ4n) is 7.08. The number of amides is 1. The van der Waals surface area contributed by atoms with E-state index in [1.807, 2.05) is 18.2 Å². The van der Waals surface area contributed by atoms with Crippen molar-refractivity contribution in [2.24, 2.45) is 0 Å². The third-order valence-corrected chi connectivity index (χ3v) is 10.1. The van der Waals surface area contributed by atoms with E-state index in [4.69, 9.17) is 37.6 Å². The Morgan fingerprint density at radius 2 is 2.07 bits per heavy atom. The predicted octanol–water partition coefficient (Wildman–Crippen LogP) is 4.35. The molecule has 1 saturated carbocycles. The number of ether oxygens (including phenoxy) is 2. The van der Waals surface area contributed by atoms with Crippen LogP contribution in [0.1, 0.15) is 24.1 Å². The fraction of sp³-hybridized carbons (Fsp3) is 0.471. The maximum absolute atomic E-state index is 14.6. The van der Waals surface area contributed by atoms with Gasteiger partial charge in [0, 0.05) is 48.9 Å². The fourth-order valence-corrected chi connectivity index (χ4v) is 7.35. The molecule has 1 aliphatic carbocycles. The van der Waals surface area contributed by atoms with Crippen molar-refractivity contribution in [3.05, 3.63) is 76.5 Å². The van der Waals surface area contributed by atoms with Crippen LogP contribution in [-0.4, -0.2) is 103 Å². The van der Waals surface area contributed by atoms with E-state index < -0.39 is 5.82 Å². The number of carbonyl (C=O) groups excluding carboxylic acids is 1. The van der Waals surface area contributed by atoms with Crippen LogP contribution in [0.3, 0.4) is 0 Å². The molecule has 3 aliphatic heterocycles. The SMILES string of the molecule is [C-]#[N+]CC1CN(c2nc(O[C@@H]3COC[C@@H]3N(C)C3CC3)nc3c2CCN(c2cccc4ccc(F)c(Cl)c24)C3)CCN1C(=O)C=C. The molecule has 240 valence electrons. The number of nitrogens with zero attached hydrogens (tertiary/aromatic N) is 7. The first-order valence-corrected chi connectivity index (χ1v) is 16.2. The van der Waals surface area contributed by atoms with E-state index in [0.29, 0.717) is 63.8 Å². The standard InChI is InChI=1S/C34H37ClFN7O3/c1-4-30(44)43-15-14-42(17-23(43)16-37-2)33-24-12-13-41(27-7-5-6-21-8-11-25(36)32(35)31(21)27)18-26(24)38-34(39-33)46-29-20-45-19-28(29)40(3)22-9-10-22/h4-8,11,22-23,28-29H,1,9-10,12-20H2,3H3/t23?,28-,29+/m0/s1. The molecule has 2 aromatic carbocycles. The first-order chi connectivity index (χ1) is 22.4. The zero-order valence-electron chi connectivity index (χ0n) is 25.9. The minimum Gasteiger partial charge on any atom is -0.456 e. The summed E-state index contributed by atoms with van der Waals surface area (Å²) in [5, 5.41) is 1.65. The van der Waals surface area contributed by atoms with Gasteiger partial charge in [0.25, 0.3) is 0 Å². The second-order valence-corrected chi connectivity index (χ2v) is 12.9. The van der Waals surface area contributed by atoms with Crippen LogP contribution in [0, 0.1) is 12.4 Å². The van der Waals surface area contributed by atoms with Crippen LogP contribution in [0.2, 0.25) is 5.02 Å². The number of piperazine rings is 1. The second kappa shape index (κ2) is 12.7. The van der Waals surface area contributed by atoms with Crippen LogP contribution < -0.4 is 14.5 Å². The quantitative estimate of drug-likeness (QED) is 0.265. The molecule has 12 heteroatoms. The second-order valence-electron chi connectivity index (χ2n) is 12.5. The van der Waals surface area contributed by atoms with Gasteiger partial charge in [0.2, 0.25) is 12.5 Å². The Bertz CT molecular complexity index is 1710. The molecule has 10 nitrogen and oxygen atoms in total. The number of rotatable bonds is 8. The van der Waals surface area contributed by atoms with Crippen molar-refractivity contribution in [3.8, 4) is 6.01 Å². The van der Waals surface area contributed by atoms with Gasteiger partial charge in [-0.15, -0.1) is 0 Å². The minimum absolute atomic E-state index is 0.108. The van der Waals surface area contributed by atoms with Crippen LogP contribution in [0.4, 0.5) is 15.9 Å². The number of hydrogen-bond donors (Lipinski definition) is 0. The lowest BCUT2D eigenvalue weighted by molar-refractivity contribution is -0.128. The van der Waals surface area contributed by atoms with Gasteiger partial charge in [-0.2, -0.15) is 9.97 Å². The molecule has 0 spiro atoms. The third kappa shape index (κ3) is 5.74. The highest BCUT2D eigenvalue weighted by atomic mass is 35.5. The highest BCUT2D eigenvalue weighted by Gasteiger charge is 2.41. The number of anilines is 2. The topological polar surface area (TPSA) is 78.6 Å². The Hall–Kier alpha value is -3.98. The highest BCUT2D eigenvalue weighted by molar-refractivity contribution is 6.36. The van der Waals surface area contributed by atoms with E-state index in [9.17, 15) is 9.18 Å². The third-order valence-electron chi connectivity index (χ3n) is 9.72. The summed E-state index contributed by atoms with van der Waals surface area (Å²) in [6.07, 6.45) is 4.11. The van der Waals surface area contributed by atoms with Gasteiger partial charge in [-0.1, -0.05) is 36.4 Å². The molecule has 4 heterocycles. The van der Waals surface area contributed by atoms with Crippen molar-refractivity contribution >= 4 is 39.8 Å². The van der Waals surface area contributed by atoms with Crippen LogP contribution in [0.5, 0.6) is 6.01 Å². The summed E-state index contributed by atoms with van der Waals surface area (Å²) in [7, 11) is 2.13. The molecule has 1 amide bonds. The molecule has 1 aromatic heterocycles. The van der Waals surface area contributed by atoms with Crippen molar-refractivity contribution in [2.45, 2.75) is 50.0 Å². The van der Waals surface area contributed by atoms with Crippen LogP contribution in [0.15, 0.2) is 43.0 Å². The van der Waals surface area contributed by atoms with E-state index >= 15 is 0 Å². The minimum atomic E-state index is -0.452. The number of carbonyl (C=O) groups is 1. The summed E-state index contributed by atoms with van der Waals surface area (Å²) in [5.74, 6) is 0.148. The smallest absolute Gasteiger partial charge is 0.319 e. The Morgan fingerprint density at radius 1 is 1.22 bits per heavy atom. The Morgan fingerprint density at radius 3 is 2.85 bits per heavy atom. The van der Waals surface area contributed by atoms with Gasteiger partial charge in [-0.05, 0) is 49.9 Å². The van der Waals surface area contributed by atoms with Crippen LogP contribution in [-0.2, 0) is 22.5 Å². The van der Waals surface area contributed by atoms with Gasteiger partial charge in [0.1, 0.15) is 23.8 Å². The van der Waals surface area contributed by atoms with Crippen molar-refractivity contribution in [1.82, 2.24) is 19.8 Å². The maximum Gasteiger partial charge on any atom is 0.319 e. The number of halogens is 2. The molecule has 7 rings (SSSR count). The van der Waals surface area contributed by atoms with E-state index in [1.165, 1.54) is 25.0 Å². The molecular formula is C34H37ClFN7O3. The molecule has 0 N–H and O–H groups in total. The first kappa shape index (κ1) is 30.7. The normalized spacial score (nSPS) is 23.0. The summed E-state index contributed by atoms with van der Waals surface area (Å²) in [4.78, 5) is 34.7. The molecule has 4 aliphatic rings. The average Bonchev–Trinajstić information content (AvgIpc) is 3.83. The molecule has 46 heavy (non-hydrogen) atoms. The van der Waals surface area contributed by atoms with Gasteiger partial charge in [0.05, 0.1) is 36.5 Å². The molecule has 2 saturated heterocycles. The maximum atomic E-state index is 14.6. The molecule has 3 atom stereocenters. The van der Waals surface area contributed by atoms with Crippen LogP contribution in [0.25, 0.3) is 15.6 Å². The van der Waals surface area contributed by atoms with Crippen LogP contribution >= 0.6 is 11.6 Å². The molecular weight excluding hydrogens is 609 g/mol. The zero-order chi connectivity index (χ0) is 31.9. The molecule has 0 radical (unpaired) electrons. The molecule has 1 unspecified atom stereocenters. The summed E-state index contributed by atoms with van der Waals surface area (Å²) in [5.41, 5.74) is 2.69. The lowest BCUT2D eigenvalue weighted by Crippen LogP contribution is -2.56. The van der Waals surface area contributed by atoms with Crippen molar-refractivity contribution in [1.29, 1.82) is 0 Å². The average molecular weight is 646 g/mol. The number of hydrogen-bond acceptors (Lipinski definition) is 8.